The topological polar surface area (TPSA) is 26.0 Å². The maximum absolute atomic E-state index is 12.7. The molecule has 0 saturated carbocycles. The van der Waals surface area contributed by atoms with Crippen molar-refractivity contribution in [1.29, 1.82) is 0 Å². The van der Waals surface area contributed by atoms with Gasteiger partial charge in [0.15, 0.2) is 0 Å². The van der Waals surface area contributed by atoms with Crippen LogP contribution in [0.5, 0.6) is 0 Å². The standard InChI is InChI=1S/C11H9F8N/c12-9(13)4-8(20)6-2-1-5(10(14,15)16)3-7(6)11(17,18)19/h1-3,8-9H,4,20H2/t8-/m0/s1. The molecule has 1 nitrogen and oxygen atoms in total. The van der Waals surface area contributed by atoms with Crippen molar-refractivity contribution >= 4 is 0 Å². The van der Waals surface area contributed by atoms with Crippen LogP contribution in [0.25, 0.3) is 0 Å². The first-order valence-electron chi connectivity index (χ1n) is 5.25. The second-order valence-electron chi connectivity index (χ2n) is 4.03. The molecule has 20 heavy (non-hydrogen) atoms. The zero-order chi connectivity index (χ0) is 15.7. The van der Waals surface area contributed by atoms with Crippen LogP contribution in [0.1, 0.15) is 29.2 Å². The highest BCUT2D eigenvalue weighted by Crippen LogP contribution is 2.39. The number of benzene rings is 1. The smallest absolute Gasteiger partial charge is 0.324 e. The summed E-state index contributed by atoms with van der Waals surface area (Å²) in [6.07, 6.45) is -14.1. The van der Waals surface area contributed by atoms with Gasteiger partial charge in [-0.15, -0.1) is 0 Å². The SMILES string of the molecule is N[C@@H](CC(F)F)c1ccc(C(F)(F)F)cc1C(F)(F)F. The molecule has 0 aromatic heterocycles. The Hall–Kier alpha value is -1.38. The maximum Gasteiger partial charge on any atom is 0.416 e. The molecule has 114 valence electrons. The summed E-state index contributed by atoms with van der Waals surface area (Å²) in [5.41, 5.74) is 1.24. The van der Waals surface area contributed by atoms with Crippen molar-refractivity contribution in [3.05, 3.63) is 34.9 Å². The van der Waals surface area contributed by atoms with Gasteiger partial charge in [-0.05, 0) is 17.7 Å². The van der Waals surface area contributed by atoms with Crippen LogP contribution in [0.3, 0.4) is 0 Å². The minimum atomic E-state index is -5.11. The van der Waals surface area contributed by atoms with Crippen molar-refractivity contribution in [2.75, 3.05) is 0 Å². The molecule has 1 atom stereocenters. The third kappa shape index (κ3) is 4.06. The summed E-state index contributed by atoms with van der Waals surface area (Å²) < 4.78 is 99.5. The molecule has 0 bridgehead atoms. The molecule has 0 aliphatic rings. The van der Waals surface area contributed by atoms with Crippen molar-refractivity contribution in [1.82, 2.24) is 0 Å². The highest BCUT2D eigenvalue weighted by molar-refractivity contribution is 5.37. The van der Waals surface area contributed by atoms with E-state index in [0.717, 1.165) is 0 Å². The van der Waals surface area contributed by atoms with Crippen molar-refractivity contribution in [2.24, 2.45) is 5.73 Å². The molecule has 0 heterocycles. The predicted octanol–water partition coefficient (Wildman–Crippen LogP) is 4.38. The third-order valence-electron chi connectivity index (χ3n) is 2.52. The predicted molar refractivity (Wildman–Crippen MR) is 54.0 cm³/mol. The number of nitrogens with two attached hydrogens (primary N) is 1. The Labute approximate surface area is 108 Å². The van der Waals surface area contributed by atoms with Crippen LogP contribution in [0.4, 0.5) is 35.1 Å². The summed E-state index contributed by atoms with van der Waals surface area (Å²) >= 11 is 0. The van der Waals surface area contributed by atoms with E-state index in [1.807, 2.05) is 0 Å². The van der Waals surface area contributed by atoms with E-state index in [1.54, 1.807) is 0 Å². The number of halogens is 8. The first-order chi connectivity index (χ1) is 8.93. The second-order valence-corrected chi connectivity index (χ2v) is 4.03. The minimum absolute atomic E-state index is 0.124. The lowest BCUT2D eigenvalue weighted by Gasteiger charge is -2.20. The van der Waals surface area contributed by atoms with Gasteiger partial charge in [0.2, 0.25) is 6.43 Å². The summed E-state index contributed by atoms with van der Waals surface area (Å²) in [6, 6.07) is -0.955. The maximum atomic E-state index is 12.7. The zero-order valence-corrected chi connectivity index (χ0v) is 9.69. The van der Waals surface area contributed by atoms with Crippen molar-refractivity contribution in [3.8, 4) is 0 Å². The van der Waals surface area contributed by atoms with Crippen LogP contribution in [-0.2, 0) is 12.4 Å². The van der Waals surface area contributed by atoms with Crippen LogP contribution < -0.4 is 5.73 Å². The van der Waals surface area contributed by atoms with E-state index < -0.39 is 47.9 Å². The average Bonchev–Trinajstić information content (AvgIpc) is 2.24. The van der Waals surface area contributed by atoms with Gasteiger partial charge in [0.1, 0.15) is 0 Å². The molecular weight excluding hydrogens is 298 g/mol. The fraction of sp³-hybridized carbons (Fsp3) is 0.455. The van der Waals surface area contributed by atoms with Crippen LogP contribution in [0, 0.1) is 0 Å². The van der Waals surface area contributed by atoms with Crippen molar-refractivity contribution < 1.29 is 35.1 Å². The quantitative estimate of drug-likeness (QED) is 0.824. The fourth-order valence-electron chi connectivity index (χ4n) is 1.62. The van der Waals surface area contributed by atoms with E-state index in [4.69, 9.17) is 5.73 Å². The normalized spacial score (nSPS) is 14.7. The highest BCUT2D eigenvalue weighted by Gasteiger charge is 2.39. The molecule has 0 amide bonds. The Morgan fingerprint density at radius 2 is 1.50 bits per heavy atom. The van der Waals surface area contributed by atoms with E-state index in [-0.39, 0.29) is 6.07 Å². The Balaban J connectivity index is 3.32. The molecule has 0 unspecified atom stereocenters. The van der Waals surface area contributed by atoms with Gasteiger partial charge < -0.3 is 5.73 Å². The van der Waals surface area contributed by atoms with Gasteiger partial charge in [0, 0.05) is 12.5 Å². The molecule has 9 heteroatoms. The van der Waals surface area contributed by atoms with E-state index in [1.165, 1.54) is 0 Å². The molecule has 2 N–H and O–H groups in total. The van der Waals surface area contributed by atoms with E-state index in [9.17, 15) is 35.1 Å². The van der Waals surface area contributed by atoms with Crippen LogP contribution in [-0.4, -0.2) is 6.43 Å². The Bertz CT molecular complexity index is 462. The summed E-state index contributed by atoms with van der Waals surface area (Å²) in [6.45, 7) is 0. The lowest BCUT2D eigenvalue weighted by molar-refractivity contribution is -0.143. The molecule has 1 aromatic rings. The molecular formula is C11H9F8N. The Kier molecular flexibility index (Phi) is 4.62. The fourth-order valence-corrected chi connectivity index (χ4v) is 1.62. The third-order valence-corrected chi connectivity index (χ3v) is 2.52. The number of hydrogen-bond donors (Lipinski definition) is 1. The summed E-state index contributed by atoms with van der Waals surface area (Å²) in [7, 11) is 0. The van der Waals surface area contributed by atoms with Gasteiger partial charge in [0.05, 0.1) is 11.1 Å². The molecule has 0 fully saturated rings. The average molecular weight is 307 g/mol. The molecule has 0 radical (unpaired) electrons. The Morgan fingerprint density at radius 1 is 0.950 bits per heavy atom. The van der Waals surface area contributed by atoms with Gasteiger partial charge >= 0.3 is 12.4 Å². The first-order valence-corrected chi connectivity index (χ1v) is 5.25. The van der Waals surface area contributed by atoms with E-state index in [2.05, 4.69) is 0 Å². The summed E-state index contributed by atoms with van der Waals surface area (Å²) in [5.74, 6) is 0. The summed E-state index contributed by atoms with van der Waals surface area (Å²) in [5, 5.41) is 0. The van der Waals surface area contributed by atoms with Crippen LogP contribution in [0.15, 0.2) is 18.2 Å². The van der Waals surface area contributed by atoms with Crippen LogP contribution in [0.2, 0.25) is 0 Å². The molecule has 0 saturated heterocycles. The van der Waals surface area contributed by atoms with Gasteiger partial charge in [-0.2, -0.15) is 26.3 Å². The lowest BCUT2D eigenvalue weighted by Crippen LogP contribution is -2.21. The highest BCUT2D eigenvalue weighted by atomic mass is 19.4. The number of alkyl halides is 8. The van der Waals surface area contributed by atoms with Crippen molar-refractivity contribution in [2.45, 2.75) is 31.2 Å². The van der Waals surface area contributed by atoms with E-state index in [0.29, 0.717) is 12.1 Å². The number of hydrogen-bond acceptors (Lipinski definition) is 1. The molecule has 0 spiro atoms. The van der Waals surface area contributed by atoms with Gasteiger partial charge in [-0.25, -0.2) is 8.78 Å². The zero-order valence-electron chi connectivity index (χ0n) is 9.69. The second kappa shape index (κ2) is 5.55. The number of rotatable bonds is 3. The van der Waals surface area contributed by atoms with Gasteiger partial charge in [-0.1, -0.05) is 6.07 Å². The molecule has 0 aliphatic carbocycles. The molecule has 1 aromatic carbocycles. The summed E-state index contributed by atoms with van der Waals surface area (Å²) in [4.78, 5) is 0. The van der Waals surface area contributed by atoms with Gasteiger partial charge in [0.25, 0.3) is 0 Å². The van der Waals surface area contributed by atoms with Crippen LogP contribution >= 0.6 is 0 Å². The lowest BCUT2D eigenvalue weighted by atomic mass is 9.96. The first kappa shape index (κ1) is 16.7. The largest absolute Gasteiger partial charge is 0.416 e. The molecule has 0 aliphatic heterocycles. The van der Waals surface area contributed by atoms with Crippen molar-refractivity contribution in [3.63, 3.8) is 0 Å². The molecule has 1 rings (SSSR count). The van der Waals surface area contributed by atoms with E-state index >= 15 is 0 Å². The van der Waals surface area contributed by atoms with Gasteiger partial charge in [-0.3, -0.25) is 0 Å². The minimum Gasteiger partial charge on any atom is -0.324 e. The Morgan fingerprint density at radius 3 is 1.90 bits per heavy atom. The monoisotopic (exact) mass is 307 g/mol.